The second-order valence-corrected chi connectivity index (χ2v) is 7.10. The maximum Gasteiger partial charge on any atom is 0.219 e. The number of aromatic nitrogens is 1. The number of thiazole rings is 1. The number of carbonyl (C=O) groups is 1. The van der Waals surface area contributed by atoms with Crippen molar-refractivity contribution in [1.82, 2.24) is 14.8 Å². The highest BCUT2D eigenvalue weighted by Crippen LogP contribution is 2.26. The predicted octanol–water partition coefficient (Wildman–Crippen LogP) is 3.26. The van der Waals surface area contributed by atoms with Crippen molar-refractivity contribution in [3.8, 4) is 16.3 Å². The summed E-state index contributed by atoms with van der Waals surface area (Å²) in [6, 6.07) is 8.10. The number of nitrogens with zero attached hydrogens (tertiary/aromatic N) is 3. The highest BCUT2D eigenvalue weighted by atomic mass is 32.1. The molecule has 0 unspecified atom stereocenters. The second-order valence-electron chi connectivity index (χ2n) is 6.24. The van der Waals surface area contributed by atoms with Gasteiger partial charge < -0.3 is 9.64 Å². The lowest BCUT2D eigenvalue weighted by Crippen LogP contribution is -2.33. The zero-order valence-corrected chi connectivity index (χ0v) is 15.7. The lowest BCUT2D eigenvalue weighted by Gasteiger charge is -2.20. The Morgan fingerprint density at radius 2 is 2.00 bits per heavy atom. The van der Waals surface area contributed by atoms with Crippen LogP contribution in [0.2, 0.25) is 0 Å². The van der Waals surface area contributed by atoms with Crippen molar-refractivity contribution >= 4 is 17.2 Å². The van der Waals surface area contributed by atoms with E-state index >= 15 is 0 Å². The molecule has 6 heteroatoms. The van der Waals surface area contributed by atoms with Gasteiger partial charge in [0, 0.05) is 50.6 Å². The van der Waals surface area contributed by atoms with E-state index in [1.54, 1.807) is 18.3 Å². The molecule has 0 aliphatic carbocycles. The number of hydrogen-bond donors (Lipinski definition) is 0. The van der Waals surface area contributed by atoms with E-state index in [9.17, 15) is 4.79 Å². The molecule has 0 bridgehead atoms. The molecule has 0 saturated carbocycles. The molecule has 0 N–H and O–H groups in total. The first-order valence-electron chi connectivity index (χ1n) is 8.81. The molecular formula is C19H25N3O2S. The molecule has 0 spiro atoms. The SMILES string of the molecule is CCOc1ccc(-c2nc(CN3CCCN(C(C)=O)CC3)cs2)cc1. The number of benzene rings is 1. The Kier molecular flexibility index (Phi) is 6.04. The quantitative estimate of drug-likeness (QED) is 0.822. The first kappa shape index (κ1) is 17.9. The molecule has 1 aromatic carbocycles. The molecule has 1 aliphatic heterocycles. The molecule has 0 atom stereocenters. The largest absolute Gasteiger partial charge is 0.494 e. The number of rotatable bonds is 5. The molecular weight excluding hydrogens is 334 g/mol. The fraction of sp³-hybridized carbons (Fsp3) is 0.474. The van der Waals surface area contributed by atoms with Crippen LogP contribution in [0.25, 0.3) is 10.6 Å². The van der Waals surface area contributed by atoms with Gasteiger partial charge in [0.25, 0.3) is 0 Å². The molecule has 134 valence electrons. The maximum atomic E-state index is 11.5. The van der Waals surface area contributed by atoms with Crippen LogP contribution in [-0.2, 0) is 11.3 Å². The van der Waals surface area contributed by atoms with E-state index in [0.29, 0.717) is 6.61 Å². The summed E-state index contributed by atoms with van der Waals surface area (Å²) in [6.45, 7) is 8.76. The Bertz CT molecular complexity index is 699. The summed E-state index contributed by atoms with van der Waals surface area (Å²) in [4.78, 5) is 20.6. The first-order valence-corrected chi connectivity index (χ1v) is 9.69. The number of amides is 1. The highest BCUT2D eigenvalue weighted by Gasteiger charge is 2.17. The van der Waals surface area contributed by atoms with Crippen molar-refractivity contribution in [1.29, 1.82) is 0 Å². The van der Waals surface area contributed by atoms with Gasteiger partial charge in [-0.15, -0.1) is 11.3 Å². The average molecular weight is 359 g/mol. The zero-order valence-electron chi connectivity index (χ0n) is 14.9. The van der Waals surface area contributed by atoms with Crippen molar-refractivity contribution in [2.24, 2.45) is 0 Å². The molecule has 25 heavy (non-hydrogen) atoms. The Morgan fingerprint density at radius 1 is 1.20 bits per heavy atom. The molecule has 1 amide bonds. The molecule has 2 heterocycles. The lowest BCUT2D eigenvalue weighted by molar-refractivity contribution is -0.128. The zero-order chi connectivity index (χ0) is 17.6. The van der Waals surface area contributed by atoms with Crippen molar-refractivity contribution in [2.75, 3.05) is 32.8 Å². The molecule has 1 aromatic heterocycles. The van der Waals surface area contributed by atoms with Crippen LogP contribution < -0.4 is 4.74 Å². The van der Waals surface area contributed by atoms with Crippen LogP contribution in [-0.4, -0.2) is 53.5 Å². The minimum absolute atomic E-state index is 0.174. The fourth-order valence-electron chi connectivity index (χ4n) is 3.05. The van der Waals surface area contributed by atoms with Crippen molar-refractivity contribution in [3.05, 3.63) is 35.3 Å². The van der Waals surface area contributed by atoms with E-state index < -0.39 is 0 Å². The lowest BCUT2D eigenvalue weighted by atomic mass is 10.2. The van der Waals surface area contributed by atoms with Gasteiger partial charge in [-0.1, -0.05) is 0 Å². The average Bonchev–Trinajstić information content (AvgIpc) is 2.93. The summed E-state index contributed by atoms with van der Waals surface area (Å²) < 4.78 is 5.49. The molecule has 3 rings (SSSR count). The smallest absolute Gasteiger partial charge is 0.219 e. The summed E-state index contributed by atoms with van der Waals surface area (Å²) in [5.41, 5.74) is 2.23. The van der Waals surface area contributed by atoms with E-state index in [-0.39, 0.29) is 5.91 Å². The monoisotopic (exact) mass is 359 g/mol. The molecule has 0 radical (unpaired) electrons. The minimum atomic E-state index is 0.174. The van der Waals surface area contributed by atoms with Gasteiger partial charge in [-0.3, -0.25) is 9.69 Å². The van der Waals surface area contributed by atoms with Gasteiger partial charge in [-0.05, 0) is 37.6 Å². The van der Waals surface area contributed by atoms with E-state index in [0.717, 1.165) is 61.2 Å². The third kappa shape index (κ3) is 4.80. The Morgan fingerprint density at radius 3 is 2.72 bits per heavy atom. The van der Waals surface area contributed by atoms with Crippen molar-refractivity contribution in [3.63, 3.8) is 0 Å². The Balaban J connectivity index is 1.60. The highest BCUT2D eigenvalue weighted by molar-refractivity contribution is 7.13. The minimum Gasteiger partial charge on any atom is -0.494 e. The Labute approximate surface area is 153 Å². The Hall–Kier alpha value is -1.92. The van der Waals surface area contributed by atoms with E-state index in [4.69, 9.17) is 9.72 Å². The second kappa shape index (κ2) is 8.45. The van der Waals surface area contributed by atoms with Gasteiger partial charge in [0.15, 0.2) is 0 Å². The normalized spacial score (nSPS) is 15.8. The molecule has 5 nitrogen and oxygen atoms in total. The van der Waals surface area contributed by atoms with Crippen molar-refractivity contribution in [2.45, 2.75) is 26.8 Å². The van der Waals surface area contributed by atoms with Gasteiger partial charge in [-0.2, -0.15) is 0 Å². The van der Waals surface area contributed by atoms with Crippen LogP contribution in [0.1, 0.15) is 26.0 Å². The van der Waals surface area contributed by atoms with Gasteiger partial charge in [0.05, 0.1) is 12.3 Å². The third-order valence-corrected chi connectivity index (χ3v) is 5.32. The summed E-state index contributed by atoms with van der Waals surface area (Å²) in [6.07, 6.45) is 1.02. The van der Waals surface area contributed by atoms with E-state index in [1.165, 1.54) is 0 Å². The summed E-state index contributed by atoms with van der Waals surface area (Å²) >= 11 is 1.68. The van der Waals surface area contributed by atoms with Crippen LogP contribution in [0.4, 0.5) is 0 Å². The standard InChI is InChI=1S/C19H25N3O2S/c1-3-24-18-7-5-16(6-8-18)19-20-17(14-25-19)13-21-9-4-10-22(12-11-21)15(2)23/h5-8,14H,3-4,9-13H2,1-2H3. The van der Waals surface area contributed by atoms with Gasteiger partial charge in [0.2, 0.25) is 5.91 Å². The molecule has 2 aromatic rings. The summed E-state index contributed by atoms with van der Waals surface area (Å²) in [5.74, 6) is 1.07. The van der Waals surface area contributed by atoms with Gasteiger partial charge >= 0.3 is 0 Å². The third-order valence-electron chi connectivity index (χ3n) is 4.38. The van der Waals surface area contributed by atoms with Crippen LogP contribution in [0, 0.1) is 0 Å². The summed E-state index contributed by atoms with van der Waals surface area (Å²) in [7, 11) is 0. The fourth-order valence-corrected chi connectivity index (χ4v) is 3.86. The van der Waals surface area contributed by atoms with Crippen LogP contribution >= 0.6 is 11.3 Å². The first-order chi connectivity index (χ1) is 12.2. The van der Waals surface area contributed by atoms with Crippen LogP contribution in [0.15, 0.2) is 29.6 Å². The number of ether oxygens (including phenoxy) is 1. The topological polar surface area (TPSA) is 45.7 Å². The van der Waals surface area contributed by atoms with Gasteiger partial charge in [-0.25, -0.2) is 4.98 Å². The van der Waals surface area contributed by atoms with Gasteiger partial charge in [0.1, 0.15) is 10.8 Å². The number of hydrogen-bond acceptors (Lipinski definition) is 5. The van der Waals surface area contributed by atoms with Crippen LogP contribution in [0.3, 0.4) is 0 Å². The predicted molar refractivity (Wildman–Crippen MR) is 101 cm³/mol. The molecule has 1 aliphatic rings. The molecule has 1 saturated heterocycles. The van der Waals surface area contributed by atoms with Crippen molar-refractivity contribution < 1.29 is 9.53 Å². The number of carbonyl (C=O) groups excluding carboxylic acids is 1. The molecule has 1 fully saturated rings. The summed E-state index contributed by atoms with van der Waals surface area (Å²) in [5, 5.41) is 3.18. The maximum absolute atomic E-state index is 11.5. The van der Waals surface area contributed by atoms with E-state index in [2.05, 4.69) is 22.4 Å². The van der Waals surface area contributed by atoms with Crippen LogP contribution in [0.5, 0.6) is 5.75 Å². The van der Waals surface area contributed by atoms with E-state index in [1.807, 2.05) is 24.0 Å².